The maximum Gasteiger partial charge on any atom is 0.309 e. The van der Waals surface area contributed by atoms with Gasteiger partial charge >= 0.3 is 11.8 Å². The van der Waals surface area contributed by atoms with Crippen LogP contribution >= 0.6 is 11.3 Å². The van der Waals surface area contributed by atoms with Gasteiger partial charge in [0.1, 0.15) is 0 Å². The molecule has 0 aromatic carbocycles. The lowest BCUT2D eigenvalue weighted by molar-refractivity contribution is -0.140. The highest BCUT2D eigenvalue weighted by Gasteiger charge is 2.31. The SMILES string of the molecule is C[C@@H](NC(=O)C(=O)NCc1cccnc1)[C@H](c1cccs1)N1CCN(C)CC1. The van der Waals surface area contributed by atoms with E-state index in [0.717, 1.165) is 31.7 Å². The van der Waals surface area contributed by atoms with Crippen molar-refractivity contribution in [2.45, 2.75) is 25.6 Å². The van der Waals surface area contributed by atoms with Crippen molar-refractivity contribution in [3.8, 4) is 0 Å². The Hall–Kier alpha value is -2.29. The highest BCUT2D eigenvalue weighted by Crippen LogP contribution is 2.29. The maximum atomic E-state index is 12.4. The molecule has 150 valence electrons. The fourth-order valence-electron chi connectivity index (χ4n) is 3.42. The Morgan fingerprint density at radius 2 is 1.96 bits per heavy atom. The van der Waals surface area contributed by atoms with Gasteiger partial charge in [0.05, 0.1) is 6.04 Å². The molecule has 2 aromatic rings. The average molecular weight is 402 g/mol. The van der Waals surface area contributed by atoms with Crippen molar-refractivity contribution in [1.82, 2.24) is 25.4 Å². The van der Waals surface area contributed by atoms with E-state index in [-0.39, 0.29) is 18.6 Å². The van der Waals surface area contributed by atoms with Gasteiger partial charge in [-0.1, -0.05) is 12.1 Å². The van der Waals surface area contributed by atoms with Crippen LogP contribution in [0.5, 0.6) is 0 Å². The Labute approximate surface area is 169 Å². The number of hydrogen-bond donors (Lipinski definition) is 2. The minimum atomic E-state index is -0.626. The van der Waals surface area contributed by atoms with Gasteiger partial charge in [-0.2, -0.15) is 0 Å². The number of rotatable bonds is 6. The van der Waals surface area contributed by atoms with Crippen LogP contribution in [0.2, 0.25) is 0 Å². The molecule has 3 heterocycles. The fourth-order valence-corrected chi connectivity index (χ4v) is 4.38. The highest BCUT2D eigenvalue weighted by molar-refractivity contribution is 7.10. The van der Waals surface area contributed by atoms with E-state index in [4.69, 9.17) is 0 Å². The number of amides is 2. The summed E-state index contributed by atoms with van der Waals surface area (Å²) in [4.78, 5) is 34.5. The zero-order chi connectivity index (χ0) is 19.9. The number of thiophene rings is 1. The van der Waals surface area contributed by atoms with Gasteiger partial charge in [-0.25, -0.2) is 0 Å². The third kappa shape index (κ3) is 5.37. The molecule has 2 amide bonds. The van der Waals surface area contributed by atoms with Crippen LogP contribution in [0.3, 0.4) is 0 Å². The molecule has 2 atom stereocenters. The van der Waals surface area contributed by atoms with Crippen molar-refractivity contribution in [2.24, 2.45) is 0 Å². The summed E-state index contributed by atoms with van der Waals surface area (Å²) in [6.45, 7) is 6.11. The van der Waals surface area contributed by atoms with E-state index in [2.05, 4.69) is 38.5 Å². The standard InChI is InChI=1S/C20H27N5O2S/c1-15(23-20(27)19(26)22-14-16-5-3-7-21-13-16)18(17-6-4-12-28-17)25-10-8-24(2)9-11-25/h3-7,12-13,15,18H,8-11,14H2,1-2H3,(H,22,26)(H,23,27)/t15-,18-/m1/s1. The lowest BCUT2D eigenvalue weighted by Crippen LogP contribution is -2.53. The molecular formula is C20H27N5O2S. The molecule has 0 spiro atoms. The van der Waals surface area contributed by atoms with Crippen molar-refractivity contribution >= 4 is 23.2 Å². The molecule has 1 fully saturated rings. The Bertz CT molecular complexity index is 760. The number of pyridine rings is 1. The number of hydrogen-bond acceptors (Lipinski definition) is 6. The molecule has 0 bridgehead atoms. The van der Waals surface area contributed by atoms with E-state index in [9.17, 15) is 9.59 Å². The van der Waals surface area contributed by atoms with Crippen LogP contribution in [-0.4, -0.2) is 65.9 Å². The predicted octanol–water partition coefficient (Wildman–Crippen LogP) is 1.25. The topological polar surface area (TPSA) is 77.6 Å². The second kappa shape index (κ2) is 9.77. The first-order valence-electron chi connectivity index (χ1n) is 9.48. The summed E-state index contributed by atoms with van der Waals surface area (Å²) in [6.07, 6.45) is 3.34. The summed E-state index contributed by atoms with van der Waals surface area (Å²) in [5.41, 5.74) is 0.852. The lowest BCUT2D eigenvalue weighted by atomic mass is 10.0. The number of carbonyl (C=O) groups is 2. The number of aromatic nitrogens is 1. The molecule has 0 unspecified atom stereocenters. The molecule has 1 saturated heterocycles. The molecule has 2 aromatic heterocycles. The van der Waals surface area contributed by atoms with Gasteiger partial charge in [0.25, 0.3) is 0 Å². The van der Waals surface area contributed by atoms with E-state index in [1.165, 1.54) is 4.88 Å². The van der Waals surface area contributed by atoms with E-state index in [1.54, 1.807) is 29.8 Å². The minimum absolute atomic E-state index is 0.0590. The van der Waals surface area contributed by atoms with Gasteiger partial charge in [0.15, 0.2) is 0 Å². The van der Waals surface area contributed by atoms with Crippen LogP contribution in [0.1, 0.15) is 23.4 Å². The quantitative estimate of drug-likeness (QED) is 0.713. The van der Waals surface area contributed by atoms with Crippen LogP contribution in [0.4, 0.5) is 0 Å². The van der Waals surface area contributed by atoms with Crippen molar-refractivity contribution in [2.75, 3.05) is 33.2 Å². The molecule has 28 heavy (non-hydrogen) atoms. The summed E-state index contributed by atoms with van der Waals surface area (Å²) < 4.78 is 0. The van der Waals surface area contributed by atoms with Crippen LogP contribution in [0, 0.1) is 0 Å². The zero-order valence-electron chi connectivity index (χ0n) is 16.3. The lowest BCUT2D eigenvalue weighted by Gasteiger charge is -2.40. The van der Waals surface area contributed by atoms with E-state index >= 15 is 0 Å². The van der Waals surface area contributed by atoms with Crippen LogP contribution in [0.15, 0.2) is 42.0 Å². The van der Waals surface area contributed by atoms with Gasteiger partial charge in [0.2, 0.25) is 0 Å². The fraction of sp³-hybridized carbons (Fsp3) is 0.450. The van der Waals surface area contributed by atoms with E-state index in [0.29, 0.717) is 0 Å². The third-order valence-electron chi connectivity index (χ3n) is 4.98. The van der Waals surface area contributed by atoms with Crippen LogP contribution in [0.25, 0.3) is 0 Å². The Morgan fingerprint density at radius 3 is 2.61 bits per heavy atom. The second-order valence-corrected chi connectivity index (χ2v) is 8.08. The summed E-state index contributed by atoms with van der Waals surface area (Å²) in [7, 11) is 2.12. The molecule has 1 aliphatic heterocycles. The molecule has 0 saturated carbocycles. The molecule has 0 radical (unpaired) electrons. The largest absolute Gasteiger partial charge is 0.344 e. The summed E-state index contributed by atoms with van der Waals surface area (Å²) >= 11 is 1.68. The first-order chi connectivity index (χ1) is 13.5. The second-order valence-electron chi connectivity index (χ2n) is 7.11. The third-order valence-corrected chi connectivity index (χ3v) is 5.92. The van der Waals surface area contributed by atoms with Gasteiger partial charge in [-0.15, -0.1) is 11.3 Å². The Kier molecular flexibility index (Phi) is 7.13. The number of likely N-dealkylation sites (N-methyl/N-ethyl adjacent to an activating group) is 1. The van der Waals surface area contributed by atoms with Gasteiger partial charge in [-0.3, -0.25) is 19.5 Å². The molecular weight excluding hydrogens is 374 g/mol. The minimum Gasteiger partial charge on any atom is -0.344 e. The van der Waals surface area contributed by atoms with Gasteiger partial charge in [0, 0.05) is 56.0 Å². The Balaban J connectivity index is 1.60. The average Bonchev–Trinajstić information content (AvgIpc) is 3.22. The summed E-state index contributed by atoms with van der Waals surface area (Å²) in [5.74, 6) is -1.23. The number of piperazine rings is 1. The molecule has 2 N–H and O–H groups in total. The summed E-state index contributed by atoms with van der Waals surface area (Å²) in [5, 5.41) is 7.60. The summed E-state index contributed by atoms with van der Waals surface area (Å²) in [6, 6.07) is 7.65. The van der Waals surface area contributed by atoms with Crippen molar-refractivity contribution < 1.29 is 9.59 Å². The first kappa shape index (κ1) is 20.4. The van der Waals surface area contributed by atoms with Crippen molar-refractivity contribution in [1.29, 1.82) is 0 Å². The number of carbonyl (C=O) groups excluding carboxylic acids is 2. The number of nitrogens with one attached hydrogen (secondary N) is 2. The monoisotopic (exact) mass is 401 g/mol. The molecule has 7 nitrogen and oxygen atoms in total. The van der Waals surface area contributed by atoms with E-state index in [1.807, 2.05) is 24.4 Å². The number of nitrogens with zero attached hydrogens (tertiary/aromatic N) is 3. The molecule has 3 rings (SSSR count). The molecule has 1 aliphatic rings. The normalized spacial score (nSPS) is 17.6. The van der Waals surface area contributed by atoms with E-state index < -0.39 is 11.8 Å². The van der Waals surface area contributed by atoms with Gasteiger partial charge in [-0.05, 0) is 37.0 Å². The van der Waals surface area contributed by atoms with Crippen LogP contribution in [-0.2, 0) is 16.1 Å². The van der Waals surface area contributed by atoms with Crippen LogP contribution < -0.4 is 10.6 Å². The maximum absolute atomic E-state index is 12.4. The molecule has 8 heteroatoms. The van der Waals surface area contributed by atoms with Crippen molar-refractivity contribution in [3.05, 3.63) is 52.5 Å². The van der Waals surface area contributed by atoms with Crippen molar-refractivity contribution in [3.63, 3.8) is 0 Å². The Morgan fingerprint density at radius 1 is 1.18 bits per heavy atom. The highest BCUT2D eigenvalue weighted by atomic mass is 32.1. The predicted molar refractivity (Wildman–Crippen MR) is 110 cm³/mol. The zero-order valence-corrected chi connectivity index (χ0v) is 17.1. The van der Waals surface area contributed by atoms with Gasteiger partial charge < -0.3 is 15.5 Å². The first-order valence-corrected chi connectivity index (χ1v) is 10.4. The smallest absolute Gasteiger partial charge is 0.309 e. The molecule has 0 aliphatic carbocycles.